The van der Waals surface area contributed by atoms with E-state index in [-0.39, 0.29) is 5.91 Å². The Bertz CT molecular complexity index is 649. The molecular formula is C16H20N4O2S. The molecule has 1 N–H and O–H groups in total. The summed E-state index contributed by atoms with van der Waals surface area (Å²) in [4.78, 5) is 24.2. The molecule has 0 unspecified atom stereocenters. The van der Waals surface area contributed by atoms with Crippen molar-refractivity contribution in [1.29, 1.82) is 0 Å². The van der Waals surface area contributed by atoms with Crippen LogP contribution in [0.1, 0.15) is 12.0 Å². The third-order valence-corrected chi connectivity index (χ3v) is 4.83. The normalized spacial score (nSPS) is 20.7. The van der Waals surface area contributed by atoms with Crippen molar-refractivity contribution in [3.8, 4) is 0 Å². The molecule has 23 heavy (non-hydrogen) atoms. The van der Waals surface area contributed by atoms with E-state index in [1.807, 2.05) is 21.7 Å². The molecule has 1 aliphatic rings. The first kappa shape index (κ1) is 15.9. The molecule has 0 saturated carbocycles. The van der Waals surface area contributed by atoms with Gasteiger partial charge in [-0.3, -0.25) is 9.78 Å². The number of carbonyl (C=O) groups excluding carboxylic acids is 1. The van der Waals surface area contributed by atoms with Crippen LogP contribution in [0, 0.1) is 0 Å². The molecule has 1 saturated heterocycles. The molecule has 7 heteroatoms. The lowest BCUT2D eigenvalue weighted by Gasteiger charge is -2.29. The minimum Gasteiger partial charge on any atom is -0.386 e. The van der Waals surface area contributed by atoms with Gasteiger partial charge in [0.15, 0.2) is 0 Å². The average molecular weight is 332 g/mol. The highest BCUT2D eigenvalue weighted by Gasteiger charge is 2.38. The van der Waals surface area contributed by atoms with Gasteiger partial charge >= 0.3 is 0 Å². The predicted octanol–water partition coefficient (Wildman–Crippen LogP) is 1.18. The molecule has 1 atom stereocenters. The van der Waals surface area contributed by atoms with E-state index in [0.717, 1.165) is 11.4 Å². The smallest absolute Gasteiger partial charge is 0.226 e. The molecule has 6 nitrogen and oxygen atoms in total. The summed E-state index contributed by atoms with van der Waals surface area (Å²) in [5.41, 5.74) is 0.114. The SMILES string of the molecule is CN(C[C@]1(O)CCN(c2cnccn2)C1)C(=O)Cc1ccsc1. The molecule has 1 amide bonds. The quantitative estimate of drug-likeness (QED) is 0.890. The van der Waals surface area contributed by atoms with Crippen molar-refractivity contribution < 1.29 is 9.90 Å². The summed E-state index contributed by atoms with van der Waals surface area (Å²) >= 11 is 1.58. The van der Waals surface area contributed by atoms with Gasteiger partial charge in [-0.2, -0.15) is 11.3 Å². The van der Waals surface area contributed by atoms with E-state index in [9.17, 15) is 9.90 Å². The molecule has 2 aromatic rings. The number of nitrogens with zero attached hydrogens (tertiary/aromatic N) is 4. The molecule has 0 aliphatic carbocycles. The van der Waals surface area contributed by atoms with Gasteiger partial charge in [0.1, 0.15) is 11.4 Å². The lowest BCUT2D eigenvalue weighted by Crippen LogP contribution is -2.46. The Morgan fingerprint density at radius 3 is 3.09 bits per heavy atom. The van der Waals surface area contributed by atoms with Crippen LogP contribution in [0.2, 0.25) is 0 Å². The van der Waals surface area contributed by atoms with Crippen LogP contribution < -0.4 is 4.90 Å². The first-order valence-corrected chi connectivity index (χ1v) is 8.48. The van der Waals surface area contributed by atoms with Crippen LogP contribution in [0.3, 0.4) is 0 Å². The minimum atomic E-state index is -0.906. The van der Waals surface area contributed by atoms with Crippen molar-refractivity contribution in [3.05, 3.63) is 41.0 Å². The van der Waals surface area contributed by atoms with Crippen LogP contribution in [-0.2, 0) is 11.2 Å². The number of hydrogen-bond donors (Lipinski definition) is 1. The zero-order valence-electron chi connectivity index (χ0n) is 13.1. The maximum Gasteiger partial charge on any atom is 0.226 e. The van der Waals surface area contributed by atoms with Crippen LogP contribution in [0.15, 0.2) is 35.4 Å². The highest BCUT2D eigenvalue weighted by atomic mass is 32.1. The largest absolute Gasteiger partial charge is 0.386 e. The van der Waals surface area contributed by atoms with Gasteiger partial charge < -0.3 is 14.9 Å². The summed E-state index contributed by atoms with van der Waals surface area (Å²) in [5, 5.41) is 14.7. The van der Waals surface area contributed by atoms with Crippen LogP contribution in [0.4, 0.5) is 5.82 Å². The van der Waals surface area contributed by atoms with E-state index >= 15 is 0 Å². The Morgan fingerprint density at radius 2 is 2.39 bits per heavy atom. The van der Waals surface area contributed by atoms with E-state index < -0.39 is 5.60 Å². The molecule has 1 fully saturated rings. The van der Waals surface area contributed by atoms with E-state index in [1.54, 1.807) is 41.9 Å². The first-order valence-electron chi connectivity index (χ1n) is 7.54. The second-order valence-electron chi connectivity index (χ2n) is 6.02. The lowest BCUT2D eigenvalue weighted by molar-refractivity contribution is -0.132. The number of aromatic nitrogens is 2. The summed E-state index contributed by atoms with van der Waals surface area (Å²) < 4.78 is 0. The van der Waals surface area contributed by atoms with Crippen LogP contribution in [0.25, 0.3) is 0 Å². The number of rotatable bonds is 5. The highest BCUT2D eigenvalue weighted by molar-refractivity contribution is 7.07. The summed E-state index contributed by atoms with van der Waals surface area (Å²) in [6.45, 7) is 1.50. The zero-order valence-corrected chi connectivity index (χ0v) is 13.9. The van der Waals surface area contributed by atoms with Gasteiger partial charge in [0.2, 0.25) is 5.91 Å². The summed E-state index contributed by atoms with van der Waals surface area (Å²) in [6.07, 6.45) is 5.95. The number of likely N-dealkylation sites (N-methyl/N-ethyl adjacent to an activating group) is 1. The molecule has 2 aromatic heterocycles. The van der Waals surface area contributed by atoms with Gasteiger partial charge in [-0.25, -0.2) is 4.98 Å². The fraction of sp³-hybridized carbons (Fsp3) is 0.438. The Kier molecular flexibility index (Phi) is 4.58. The highest BCUT2D eigenvalue weighted by Crippen LogP contribution is 2.25. The van der Waals surface area contributed by atoms with Crippen LogP contribution in [0.5, 0.6) is 0 Å². The second-order valence-corrected chi connectivity index (χ2v) is 6.80. The monoisotopic (exact) mass is 332 g/mol. The van der Waals surface area contributed by atoms with Gasteiger partial charge in [-0.05, 0) is 28.8 Å². The molecule has 3 rings (SSSR count). The second kappa shape index (κ2) is 6.64. The number of aliphatic hydroxyl groups is 1. The third-order valence-electron chi connectivity index (χ3n) is 4.10. The number of hydrogen-bond acceptors (Lipinski definition) is 6. The summed E-state index contributed by atoms with van der Waals surface area (Å²) in [6, 6.07) is 1.95. The number of thiophene rings is 1. The molecule has 3 heterocycles. The fourth-order valence-electron chi connectivity index (χ4n) is 2.87. The van der Waals surface area contributed by atoms with Crippen molar-refractivity contribution in [2.24, 2.45) is 0 Å². The minimum absolute atomic E-state index is 0.0229. The molecule has 0 bridgehead atoms. The predicted molar refractivity (Wildman–Crippen MR) is 89.5 cm³/mol. The Hall–Kier alpha value is -1.99. The Morgan fingerprint density at radius 1 is 1.52 bits per heavy atom. The topological polar surface area (TPSA) is 69.6 Å². The summed E-state index contributed by atoms with van der Waals surface area (Å²) in [7, 11) is 1.75. The van der Waals surface area contributed by atoms with Gasteiger partial charge in [-0.1, -0.05) is 0 Å². The van der Waals surface area contributed by atoms with Crippen LogP contribution in [-0.4, -0.2) is 58.2 Å². The van der Waals surface area contributed by atoms with Gasteiger partial charge in [0.25, 0.3) is 0 Å². The molecule has 0 aromatic carbocycles. The van der Waals surface area contributed by atoms with E-state index in [0.29, 0.717) is 32.5 Å². The number of amides is 1. The molecule has 0 radical (unpaired) electrons. The maximum atomic E-state index is 12.3. The lowest BCUT2D eigenvalue weighted by atomic mass is 10.0. The molecule has 1 aliphatic heterocycles. The van der Waals surface area contributed by atoms with Crippen molar-refractivity contribution in [1.82, 2.24) is 14.9 Å². The van der Waals surface area contributed by atoms with Gasteiger partial charge in [0, 0.05) is 32.5 Å². The Labute approximate surface area is 139 Å². The molecule has 122 valence electrons. The van der Waals surface area contributed by atoms with E-state index in [1.165, 1.54) is 0 Å². The van der Waals surface area contributed by atoms with E-state index in [4.69, 9.17) is 0 Å². The van der Waals surface area contributed by atoms with Crippen molar-refractivity contribution in [2.75, 3.05) is 31.6 Å². The maximum absolute atomic E-state index is 12.3. The van der Waals surface area contributed by atoms with Crippen LogP contribution >= 0.6 is 11.3 Å². The number of β-amino-alcohol motifs (C(OH)–C–C–N with tert-alkyl or cyclic N) is 1. The zero-order chi connectivity index (χ0) is 16.3. The first-order chi connectivity index (χ1) is 11.1. The number of carbonyl (C=O) groups is 1. The van der Waals surface area contributed by atoms with Gasteiger partial charge in [-0.15, -0.1) is 0 Å². The van der Waals surface area contributed by atoms with Gasteiger partial charge in [0.05, 0.1) is 19.2 Å². The standard InChI is InChI=1S/C16H20N4O2S/c1-19(15(21)8-13-2-7-23-10-13)11-16(22)3-6-20(12-16)14-9-17-4-5-18-14/h2,4-5,7,9-10,22H,3,6,8,11-12H2,1H3/t16-/m1/s1. The summed E-state index contributed by atoms with van der Waals surface area (Å²) in [5.74, 6) is 0.783. The Balaban J connectivity index is 1.58. The number of anilines is 1. The molecule has 0 spiro atoms. The third kappa shape index (κ3) is 3.86. The van der Waals surface area contributed by atoms with E-state index in [2.05, 4.69) is 9.97 Å². The average Bonchev–Trinajstić information content (AvgIpc) is 3.18. The van der Waals surface area contributed by atoms with Crippen molar-refractivity contribution in [2.45, 2.75) is 18.4 Å². The van der Waals surface area contributed by atoms with Crippen molar-refractivity contribution >= 4 is 23.1 Å². The fourth-order valence-corrected chi connectivity index (χ4v) is 3.54. The van der Waals surface area contributed by atoms with Crippen molar-refractivity contribution in [3.63, 3.8) is 0 Å². The molecular weight excluding hydrogens is 312 g/mol.